The third-order valence-corrected chi connectivity index (χ3v) is 8.25. The van der Waals surface area contributed by atoms with E-state index in [-0.39, 0.29) is 77.7 Å². The molecular formula is C22H26O5. The van der Waals surface area contributed by atoms with Crippen LogP contribution in [-0.2, 0) is 23.9 Å². The highest BCUT2D eigenvalue weighted by atomic mass is 16.5. The second-order valence-corrected chi connectivity index (χ2v) is 9.56. The van der Waals surface area contributed by atoms with Gasteiger partial charge >= 0.3 is 5.97 Å². The minimum absolute atomic E-state index is 0.00125. The zero-order valence-corrected chi connectivity index (χ0v) is 15.9. The maximum atomic E-state index is 13.2. The summed E-state index contributed by atoms with van der Waals surface area (Å²) in [7, 11) is 0. The van der Waals surface area contributed by atoms with Crippen LogP contribution in [-0.4, -0.2) is 29.4 Å². The van der Waals surface area contributed by atoms with Crippen molar-refractivity contribution in [1.82, 2.24) is 0 Å². The lowest BCUT2D eigenvalue weighted by Gasteiger charge is -2.60. The number of fused-ring (bicyclic) bond motifs is 5. The van der Waals surface area contributed by atoms with E-state index in [1.54, 1.807) is 0 Å². The molecule has 0 radical (unpaired) electrons. The van der Waals surface area contributed by atoms with Crippen molar-refractivity contribution in [3.8, 4) is 0 Å². The Bertz CT molecular complexity index is 762. The van der Waals surface area contributed by atoms with Gasteiger partial charge in [-0.2, -0.15) is 0 Å². The summed E-state index contributed by atoms with van der Waals surface area (Å²) in [5.74, 6) is -0.256. The summed E-state index contributed by atoms with van der Waals surface area (Å²) in [6.07, 6.45) is 6.75. The van der Waals surface area contributed by atoms with Gasteiger partial charge in [0, 0.05) is 24.7 Å². The first-order chi connectivity index (χ1) is 12.8. The number of ketones is 3. The van der Waals surface area contributed by atoms with Crippen molar-refractivity contribution in [3.63, 3.8) is 0 Å². The topological polar surface area (TPSA) is 77.5 Å². The fourth-order valence-electron chi connectivity index (χ4n) is 7.38. The molecule has 5 fully saturated rings. The van der Waals surface area contributed by atoms with Crippen LogP contribution in [0.1, 0.15) is 46.0 Å². The summed E-state index contributed by atoms with van der Waals surface area (Å²) in [6, 6.07) is 0. The fourth-order valence-corrected chi connectivity index (χ4v) is 7.38. The van der Waals surface area contributed by atoms with E-state index < -0.39 is 11.4 Å². The predicted octanol–water partition coefficient (Wildman–Crippen LogP) is 2.52. The molecule has 0 amide bonds. The second kappa shape index (κ2) is 5.62. The Labute approximate surface area is 158 Å². The third-order valence-electron chi connectivity index (χ3n) is 8.25. The highest BCUT2D eigenvalue weighted by Crippen LogP contribution is 2.64. The van der Waals surface area contributed by atoms with E-state index >= 15 is 0 Å². The minimum Gasteiger partial charge on any atom is -0.461 e. The molecule has 27 heavy (non-hydrogen) atoms. The molecule has 9 atom stereocenters. The summed E-state index contributed by atoms with van der Waals surface area (Å²) in [5.41, 5.74) is -1.16. The lowest BCUT2D eigenvalue weighted by Crippen LogP contribution is -2.67. The van der Waals surface area contributed by atoms with Gasteiger partial charge < -0.3 is 9.53 Å². The molecule has 2 aliphatic heterocycles. The van der Waals surface area contributed by atoms with Gasteiger partial charge in [-0.25, -0.2) is 0 Å². The number of hydrogen-bond acceptors (Lipinski definition) is 5. The molecule has 2 bridgehead atoms. The highest BCUT2D eigenvalue weighted by Gasteiger charge is 2.70. The minimum atomic E-state index is -1.16. The largest absolute Gasteiger partial charge is 0.461 e. The first kappa shape index (κ1) is 17.3. The van der Waals surface area contributed by atoms with Gasteiger partial charge in [-0.1, -0.05) is 19.1 Å². The maximum absolute atomic E-state index is 13.2. The lowest BCUT2D eigenvalue weighted by atomic mass is 9.43. The quantitative estimate of drug-likeness (QED) is 0.424. The summed E-state index contributed by atoms with van der Waals surface area (Å²) in [6.45, 7) is 3.51. The fraction of sp³-hybridized carbons (Fsp3) is 0.727. The van der Waals surface area contributed by atoms with Crippen LogP contribution in [0.25, 0.3) is 0 Å². The normalized spacial score (nSPS) is 50.1. The van der Waals surface area contributed by atoms with Crippen LogP contribution < -0.4 is 0 Å². The summed E-state index contributed by atoms with van der Waals surface area (Å²) in [5, 5.41) is 0. The average molecular weight is 370 g/mol. The predicted molar refractivity (Wildman–Crippen MR) is 95.3 cm³/mol. The van der Waals surface area contributed by atoms with Crippen LogP contribution in [0.2, 0.25) is 0 Å². The van der Waals surface area contributed by atoms with E-state index in [1.807, 2.05) is 6.92 Å². The van der Waals surface area contributed by atoms with Gasteiger partial charge in [-0.3, -0.25) is 14.4 Å². The van der Waals surface area contributed by atoms with Crippen molar-refractivity contribution in [2.75, 3.05) is 0 Å². The molecule has 4 aliphatic carbocycles. The molecule has 6 aliphatic rings. The van der Waals surface area contributed by atoms with Gasteiger partial charge in [-0.05, 0) is 55.8 Å². The third kappa shape index (κ3) is 2.11. The van der Waals surface area contributed by atoms with Crippen LogP contribution in [0.5, 0.6) is 0 Å². The molecule has 1 spiro atoms. The van der Waals surface area contributed by atoms with Crippen molar-refractivity contribution in [1.29, 1.82) is 0 Å². The standard InChI is InChI=1S/C22H26O5/c1-10-5-16-15(20(10)25)4-3-12-7-13-8-14-9-18(24)22(13,21(26)27-14)17(19(12)16)6-11(2)23/h3-4,10,12-17,19H,5-9H2,1-2H3/t10-,12-,13?,14-,15+,16+,17+,19+,22-/m1/s1. The van der Waals surface area contributed by atoms with Crippen molar-refractivity contribution in [2.24, 2.45) is 46.8 Å². The number of rotatable bonds is 2. The maximum Gasteiger partial charge on any atom is 0.320 e. The molecule has 2 saturated heterocycles. The van der Waals surface area contributed by atoms with Gasteiger partial charge in [0.25, 0.3) is 0 Å². The summed E-state index contributed by atoms with van der Waals surface area (Å²) >= 11 is 0. The van der Waals surface area contributed by atoms with E-state index in [9.17, 15) is 19.2 Å². The molecule has 5 nitrogen and oxygen atoms in total. The van der Waals surface area contributed by atoms with Gasteiger partial charge in [0.15, 0.2) is 5.78 Å². The Kier molecular flexibility index (Phi) is 3.60. The van der Waals surface area contributed by atoms with Crippen molar-refractivity contribution < 1.29 is 23.9 Å². The number of carbonyl (C=O) groups is 4. The Morgan fingerprint density at radius 2 is 1.96 bits per heavy atom. The molecule has 2 heterocycles. The van der Waals surface area contributed by atoms with E-state index in [2.05, 4.69) is 12.2 Å². The molecule has 3 saturated carbocycles. The summed E-state index contributed by atoms with van der Waals surface area (Å²) < 4.78 is 5.61. The highest BCUT2D eigenvalue weighted by molar-refractivity contribution is 6.08. The number of esters is 1. The van der Waals surface area contributed by atoms with E-state index in [0.29, 0.717) is 0 Å². The molecule has 0 N–H and O–H groups in total. The number of ether oxygens (including phenoxy) is 1. The first-order valence-corrected chi connectivity index (χ1v) is 10.3. The van der Waals surface area contributed by atoms with Crippen molar-refractivity contribution in [2.45, 2.75) is 52.1 Å². The number of carbonyl (C=O) groups excluding carboxylic acids is 4. The molecule has 1 unspecified atom stereocenters. The van der Waals surface area contributed by atoms with Crippen LogP contribution in [0.3, 0.4) is 0 Å². The van der Waals surface area contributed by atoms with E-state index in [0.717, 1.165) is 19.3 Å². The molecular weight excluding hydrogens is 344 g/mol. The molecule has 0 aromatic rings. The van der Waals surface area contributed by atoms with Crippen LogP contribution in [0.4, 0.5) is 0 Å². The number of allylic oxidation sites excluding steroid dienone is 2. The van der Waals surface area contributed by atoms with Crippen LogP contribution in [0.15, 0.2) is 12.2 Å². The zero-order chi connectivity index (χ0) is 19.1. The van der Waals surface area contributed by atoms with Crippen molar-refractivity contribution >= 4 is 23.3 Å². The van der Waals surface area contributed by atoms with E-state index in [1.165, 1.54) is 6.92 Å². The number of Topliss-reactive ketones (excluding diaryl/α,β-unsaturated/α-hetero) is 3. The van der Waals surface area contributed by atoms with Crippen molar-refractivity contribution in [3.05, 3.63) is 12.2 Å². The molecule has 5 heteroatoms. The SMILES string of the molecule is CC(=O)C[C@H]1[C@@H]2[C@H]3C[C@@H](C)C(=O)[C@H]3C=C[C@@H]2CC2C[C@@H]3CC(=O)[C@@]21C(=O)O3. The average Bonchev–Trinajstić information content (AvgIpc) is 2.88. The van der Waals surface area contributed by atoms with Gasteiger partial charge in [0.05, 0.1) is 0 Å². The smallest absolute Gasteiger partial charge is 0.320 e. The monoisotopic (exact) mass is 370 g/mol. The second-order valence-electron chi connectivity index (χ2n) is 9.56. The molecule has 0 aromatic heterocycles. The Morgan fingerprint density at radius 1 is 1.19 bits per heavy atom. The summed E-state index contributed by atoms with van der Waals surface area (Å²) in [4.78, 5) is 51.1. The lowest BCUT2D eigenvalue weighted by molar-refractivity contribution is -0.213. The molecule has 6 rings (SSSR count). The van der Waals surface area contributed by atoms with Crippen LogP contribution in [0, 0.1) is 46.8 Å². The van der Waals surface area contributed by atoms with Gasteiger partial charge in [0.1, 0.15) is 23.1 Å². The Morgan fingerprint density at radius 3 is 2.67 bits per heavy atom. The first-order valence-electron chi connectivity index (χ1n) is 10.3. The molecule has 0 aromatic carbocycles. The van der Waals surface area contributed by atoms with E-state index in [4.69, 9.17) is 4.74 Å². The number of hydrogen-bond donors (Lipinski definition) is 0. The van der Waals surface area contributed by atoms with Crippen LogP contribution >= 0.6 is 0 Å². The Hall–Kier alpha value is -1.78. The van der Waals surface area contributed by atoms with Gasteiger partial charge in [-0.15, -0.1) is 0 Å². The zero-order valence-electron chi connectivity index (χ0n) is 15.9. The van der Waals surface area contributed by atoms with Gasteiger partial charge in [0.2, 0.25) is 0 Å². The Balaban J connectivity index is 1.65. The molecule has 144 valence electrons.